The minimum absolute atomic E-state index is 0.102. The monoisotopic (exact) mass is 277 g/mol. The van der Waals surface area contributed by atoms with Gasteiger partial charge in [-0.3, -0.25) is 9.59 Å². The van der Waals surface area contributed by atoms with E-state index in [4.69, 9.17) is 0 Å². The lowest BCUT2D eigenvalue weighted by molar-refractivity contribution is -0.156. The van der Waals surface area contributed by atoms with Gasteiger partial charge in [0.1, 0.15) is 0 Å². The maximum Gasteiger partial charge on any atom is 0.307 e. The largest absolute Gasteiger partial charge is 0.481 e. The zero-order valence-corrected chi connectivity index (χ0v) is 11.8. The number of amides is 1. The minimum Gasteiger partial charge on any atom is -0.481 e. The van der Waals surface area contributed by atoms with Gasteiger partial charge in [0.05, 0.1) is 11.8 Å². The quantitative estimate of drug-likeness (QED) is 0.789. The van der Waals surface area contributed by atoms with E-state index in [1.807, 2.05) is 11.0 Å². The highest BCUT2D eigenvalue weighted by Gasteiger charge is 2.46. The number of hydrogen-bond donors (Lipinski definition) is 1. The van der Waals surface area contributed by atoms with Crippen molar-refractivity contribution in [1.29, 1.82) is 0 Å². The molecule has 3 rings (SSSR count). The normalized spacial score (nSPS) is 34.9. The molecule has 1 saturated heterocycles. The SMILES string of the molecule is O=C(O)[C@H]1CC=C[C@H]2CCN(C3CCCCC3)C(=O)[C@@H]12. The number of nitrogens with zero attached hydrogens (tertiary/aromatic N) is 1. The van der Waals surface area contributed by atoms with Gasteiger partial charge in [0, 0.05) is 12.6 Å². The molecule has 1 N–H and O–H groups in total. The van der Waals surface area contributed by atoms with Crippen LogP contribution in [-0.4, -0.2) is 34.5 Å². The Kier molecular flexibility index (Phi) is 3.81. The van der Waals surface area contributed by atoms with Crippen LogP contribution in [0.4, 0.5) is 0 Å². The third kappa shape index (κ3) is 2.36. The molecule has 3 atom stereocenters. The molecule has 20 heavy (non-hydrogen) atoms. The number of fused-ring (bicyclic) bond motifs is 1. The van der Waals surface area contributed by atoms with Crippen molar-refractivity contribution in [2.45, 2.75) is 51.0 Å². The Morgan fingerprint density at radius 1 is 1.20 bits per heavy atom. The van der Waals surface area contributed by atoms with Crippen molar-refractivity contribution >= 4 is 11.9 Å². The van der Waals surface area contributed by atoms with Gasteiger partial charge < -0.3 is 10.0 Å². The van der Waals surface area contributed by atoms with E-state index in [0.717, 1.165) is 25.8 Å². The molecule has 0 bridgehead atoms. The summed E-state index contributed by atoms with van der Waals surface area (Å²) in [6.45, 7) is 0.807. The molecule has 2 fully saturated rings. The number of allylic oxidation sites excluding steroid dienone is 2. The van der Waals surface area contributed by atoms with Gasteiger partial charge in [-0.25, -0.2) is 0 Å². The zero-order valence-electron chi connectivity index (χ0n) is 11.8. The molecule has 0 unspecified atom stereocenters. The molecule has 4 heteroatoms. The molecule has 0 aromatic heterocycles. The van der Waals surface area contributed by atoms with Gasteiger partial charge in [-0.2, -0.15) is 0 Å². The minimum atomic E-state index is -0.816. The smallest absolute Gasteiger partial charge is 0.307 e. The maximum absolute atomic E-state index is 12.8. The van der Waals surface area contributed by atoms with Crippen molar-refractivity contribution in [2.24, 2.45) is 17.8 Å². The van der Waals surface area contributed by atoms with Crippen LogP contribution in [0.2, 0.25) is 0 Å². The topological polar surface area (TPSA) is 57.6 Å². The number of rotatable bonds is 2. The average molecular weight is 277 g/mol. The van der Waals surface area contributed by atoms with Crippen LogP contribution in [0.3, 0.4) is 0 Å². The van der Waals surface area contributed by atoms with Gasteiger partial charge in [-0.15, -0.1) is 0 Å². The Morgan fingerprint density at radius 2 is 1.95 bits per heavy atom. The first-order valence-corrected chi connectivity index (χ1v) is 7.88. The number of hydrogen-bond acceptors (Lipinski definition) is 2. The van der Waals surface area contributed by atoms with E-state index in [2.05, 4.69) is 6.08 Å². The lowest BCUT2D eigenvalue weighted by atomic mass is 9.71. The summed E-state index contributed by atoms with van der Waals surface area (Å²) in [4.78, 5) is 26.2. The lowest BCUT2D eigenvalue weighted by Crippen LogP contribution is -2.54. The summed E-state index contributed by atoms with van der Waals surface area (Å²) in [5, 5.41) is 9.39. The standard InChI is InChI=1S/C16H23NO3/c18-15-14-11(5-4-8-13(14)16(19)20)9-10-17(15)12-6-2-1-3-7-12/h4-5,11-14H,1-3,6-10H2,(H,19,20)/t11-,13-,14+/m0/s1. The van der Waals surface area contributed by atoms with Crippen LogP contribution < -0.4 is 0 Å². The Hall–Kier alpha value is -1.32. The van der Waals surface area contributed by atoms with Crippen LogP contribution in [0.5, 0.6) is 0 Å². The molecule has 4 nitrogen and oxygen atoms in total. The van der Waals surface area contributed by atoms with Crippen LogP contribution >= 0.6 is 0 Å². The molecular formula is C16H23NO3. The second-order valence-electron chi connectivity index (χ2n) is 6.41. The number of carbonyl (C=O) groups excluding carboxylic acids is 1. The first-order valence-electron chi connectivity index (χ1n) is 7.88. The van der Waals surface area contributed by atoms with E-state index in [-0.39, 0.29) is 17.7 Å². The molecule has 0 spiro atoms. The molecule has 0 aromatic rings. The van der Waals surface area contributed by atoms with Crippen molar-refractivity contribution in [3.63, 3.8) is 0 Å². The summed E-state index contributed by atoms with van der Waals surface area (Å²) in [5.74, 6) is -1.43. The van der Waals surface area contributed by atoms with E-state index in [9.17, 15) is 14.7 Å². The first kappa shape index (κ1) is 13.7. The van der Waals surface area contributed by atoms with E-state index < -0.39 is 11.9 Å². The Morgan fingerprint density at radius 3 is 2.65 bits per heavy atom. The second kappa shape index (κ2) is 5.58. The molecule has 1 saturated carbocycles. The van der Waals surface area contributed by atoms with Crippen LogP contribution in [0.25, 0.3) is 0 Å². The summed E-state index contributed by atoms with van der Waals surface area (Å²) in [6, 6.07) is 0.359. The molecule has 1 aliphatic heterocycles. The molecule has 2 aliphatic carbocycles. The lowest BCUT2D eigenvalue weighted by Gasteiger charge is -2.45. The molecule has 0 radical (unpaired) electrons. The van der Waals surface area contributed by atoms with Crippen molar-refractivity contribution in [3.8, 4) is 0 Å². The Bertz CT molecular complexity index is 425. The molecular weight excluding hydrogens is 254 g/mol. The van der Waals surface area contributed by atoms with E-state index in [1.165, 1.54) is 19.3 Å². The summed E-state index contributed by atoms with van der Waals surface area (Å²) < 4.78 is 0. The predicted molar refractivity (Wildman–Crippen MR) is 75.1 cm³/mol. The summed E-state index contributed by atoms with van der Waals surface area (Å²) in [5.41, 5.74) is 0. The van der Waals surface area contributed by atoms with Gasteiger partial charge >= 0.3 is 5.97 Å². The van der Waals surface area contributed by atoms with Crippen molar-refractivity contribution < 1.29 is 14.7 Å². The number of carboxylic acid groups (broad SMARTS) is 1. The number of aliphatic carboxylic acids is 1. The Balaban J connectivity index is 1.79. The van der Waals surface area contributed by atoms with Crippen molar-refractivity contribution in [1.82, 2.24) is 4.90 Å². The summed E-state index contributed by atoms with van der Waals surface area (Å²) in [7, 11) is 0. The zero-order chi connectivity index (χ0) is 14.1. The molecule has 110 valence electrons. The molecule has 3 aliphatic rings. The van der Waals surface area contributed by atoms with Gasteiger partial charge in [0.2, 0.25) is 5.91 Å². The first-order chi connectivity index (χ1) is 9.68. The van der Waals surface area contributed by atoms with Crippen LogP contribution in [0.1, 0.15) is 44.9 Å². The van der Waals surface area contributed by atoms with E-state index >= 15 is 0 Å². The van der Waals surface area contributed by atoms with Crippen LogP contribution in [0, 0.1) is 17.8 Å². The fourth-order valence-corrected chi connectivity index (χ4v) is 4.20. The van der Waals surface area contributed by atoms with Crippen molar-refractivity contribution in [2.75, 3.05) is 6.54 Å². The van der Waals surface area contributed by atoms with E-state index in [1.54, 1.807) is 0 Å². The number of piperidine rings is 1. The maximum atomic E-state index is 12.8. The van der Waals surface area contributed by atoms with Gasteiger partial charge in [0.25, 0.3) is 0 Å². The van der Waals surface area contributed by atoms with Gasteiger partial charge in [0.15, 0.2) is 0 Å². The third-order valence-corrected chi connectivity index (χ3v) is 5.27. The van der Waals surface area contributed by atoms with Crippen LogP contribution in [-0.2, 0) is 9.59 Å². The number of carboxylic acids is 1. The highest BCUT2D eigenvalue weighted by atomic mass is 16.4. The van der Waals surface area contributed by atoms with Crippen molar-refractivity contribution in [3.05, 3.63) is 12.2 Å². The second-order valence-corrected chi connectivity index (χ2v) is 6.41. The molecule has 1 amide bonds. The molecule has 0 aromatic carbocycles. The van der Waals surface area contributed by atoms with Gasteiger partial charge in [-0.05, 0) is 31.6 Å². The predicted octanol–water partition coefficient (Wildman–Crippen LogP) is 2.44. The fourth-order valence-electron chi connectivity index (χ4n) is 4.20. The highest BCUT2D eigenvalue weighted by molar-refractivity contribution is 5.86. The number of likely N-dealkylation sites (tertiary alicyclic amines) is 1. The Labute approximate surface area is 119 Å². The fraction of sp³-hybridized carbons (Fsp3) is 0.750. The summed E-state index contributed by atoms with van der Waals surface area (Å²) in [6.07, 6.45) is 11.3. The molecule has 1 heterocycles. The summed E-state index contributed by atoms with van der Waals surface area (Å²) >= 11 is 0. The number of carbonyl (C=O) groups is 2. The van der Waals surface area contributed by atoms with Gasteiger partial charge in [-0.1, -0.05) is 31.4 Å². The third-order valence-electron chi connectivity index (χ3n) is 5.27. The van der Waals surface area contributed by atoms with Crippen LogP contribution in [0.15, 0.2) is 12.2 Å². The average Bonchev–Trinajstić information content (AvgIpc) is 2.48. The highest BCUT2D eigenvalue weighted by Crippen LogP contribution is 2.39. The van der Waals surface area contributed by atoms with E-state index in [0.29, 0.717) is 12.5 Å².